The number of carbonyl (C=O) groups is 2. The van der Waals surface area contributed by atoms with Gasteiger partial charge in [-0.05, 0) is 37.3 Å². The standard InChI is InChI=1S/C22H25NO2/c1-2-18(17-11-5-3-6-12-17)21(24)19-13-7-8-14-20(19)22(25)23-15-9-4-10-16-23/h3,5-8,11-14,18H,2,4,9-10,15-16H2,1H3. The van der Waals surface area contributed by atoms with Gasteiger partial charge in [0.15, 0.2) is 5.78 Å². The third-order valence-electron chi connectivity index (χ3n) is 4.99. The lowest BCUT2D eigenvalue weighted by molar-refractivity contribution is 0.0719. The largest absolute Gasteiger partial charge is 0.339 e. The number of hydrogen-bond donors (Lipinski definition) is 0. The van der Waals surface area contributed by atoms with Gasteiger partial charge in [-0.15, -0.1) is 0 Å². The average molecular weight is 335 g/mol. The van der Waals surface area contributed by atoms with Crippen molar-refractivity contribution >= 4 is 11.7 Å². The van der Waals surface area contributed by atoms with E-state index in [1.54, 1.807) is 12.1 Å². The zero-order valence-corrected chi connectivity index (χ0v) is 14.8. The van der Waals surface area contributed by atoms with Gasteiger partial charge in [0, 0.05) is 24.6 Å². The molecule has 0 aromatic heterocycles. The number of benzene rings is 2. The fourth-order valence-corrected chi connectivity index (χ4v) is 3.60. The topological polar surface area (TPSA) is 37.4 Å². The molecule has 25 heavy (non-hydrogen) atoms. The summed E-state index contributed by atoms with van der Waals surface area (Å²) in [7, 11) is 0. The lowest BCUT2D eigenvalue weighted by Crippen LogP contribution is -2.36. The third-order valence-corrected chi connectivity index (χ3v) is 4.99. The van der Waals surface area contributed by atoms with Crippen LogP contribution in [0.4, 0.5) is 0 Å². The third kappa shape index (κ3) is 3.81. The Morgan fingerprint density at radius 2 is 1.48 bits per heavy atom. The predicted molar refractivity (Wildman–Crippen MR) is 100 cm³/mol. The minimum atomic E-state index is -0.212. The van der Waals surface area contributed by atoms with Crippen LogP contribution in [0, 0.1) is 0 Å². The molecule has 1 heterocycles. The fraction of sp³-hybridized carbons (Fsp3) is 0.364. The van der Waals surface area contributed by atoms with Crippen molar-refractivity contribution in [2.24, 2.45) is 0 Å². The zero-order valence-electron chi connectivity index (χ0n) is 14.8. The molecule has 0 N–H and O–H groups in total. The normalized spacial score (nSPS) is 15.6. The number of amides is 1. The van der Waals surface area contributed by atoms with Crippen molar-refractivity contribution in [3.8, 4) is 0 Å². The lowest BCUT2D eigenvalue weighted by atomic mass is 9.86. The summed E-state index contributed by atoms with van der Waals surface area (Å²) in [5.74, 6) is -0.183. The van der Waals surface area contributed by atoms with Crippen LogP contribution in [-0.4, -0.2) is 29.7 Å². The Labute approximate surface area is 149 Å². The predicted octanol–water partition coefficient (Wildman–Crippen LogP) is 4.69. The van der Waals surface area contributed by atoms with Crippen LogP contribution >= 0.6 is 0 Å². The highest BCUT2D eigenvalue weighted by Crippen LogP contribution is 2.26. The molecule has 1 aliphatic heterocycles. The van der Waals surface area contributed by atoms with Crippen LogP contribution in [0.3, 0.4) is 0 Å². The minimum absolute atomic E-state index is 0.00781. The number of carbonyl (C=O) groups excluding carboxylic acids is 2. The molecule has 1 unspecified atom stereocenters. The van der Waals surface area contributed by atoms with E-state index in [0.29, 0.717) is 11.1 Å². The Bertz CT molecular complexity index is 733. The van der Waals surface area contributed by atoms with Crippen molar-refractivity contribution in [1.29, 1.82) is 0 Å². The summed E-state index contributed by atoms with van der Waals surface area (Å²) >= 11 is 0. The molecule has 1 amide bonds. The molecule has 0 spiro atoms. The molecule has 1 atom stereocenters. The van der Waals surface area contributed by atoms with Gasteiger partial charge in [-0.3, -0.25) is 9.59 Å². The number of nitrogens with zero attached hydrogens (tertiary/aromatic N) is 1. The smallest absolute Gasteiger partial charge is 0.254 e. The molecular formula is C22H25NO2. The number of Topliss-reactive ketones (excluding diaryl/α,β-unsaturated/α-hetero) is 1. The summed E-state index contributed by atoms with van der Waals surface area (Å²) < 4.78 is 0. The Morgan fingerprint density at radius 1 is 0.880 bits per heavy atom. The van der Waals surface area contributed by atoms with Crippen LogP contribution in [0.5, 0.6) is 0 Å². The highest BCUT2D eigenvalue weighted by atomic mass is 16.2. The van der Waals surface area contributed by atoms with Crippen LogP contribution in [0.25, 0.3) is 0 Å². The maximum absolute atomic E-state index is 13.2. The number of rotatable bonds is 5. The van der Waals surface area contributed by atoms with Crippen molar-refractivity contribution < 1.29 is 9.59 Å². The Hall–Kier alpha value is -2.42. The molecule has 0 bridgehead atoms. The van der Waals surface area contributed by atoms with Crippen LogP contribution in [0.1, 0.15) is 64.8 Å². The van der Waals surface area contributed by atoms with E-state index in [0.717, 1.165) is 37.9 Å². The van der Waals surface area contributed by atoms with E-state index in [9.17, 15) is 9.59 Å². The zero-order chi connectivity index (χ0) is 17.6. The highest BCUT2D eigenvalue weighted by Gasteiger charge is 2.27. The molecule has 3 heteroatoms. The lowest BCUT2D eigenvalue weighted by Gasteiger charge is -2.27. The summed E-state index contributed by atoms with van der Waals surface area (Å²) in [4.78, 5) is 28.0. The van der Waals surface area contributed by atoms with Gasteiger partial charge in [-0.1, -0.05) is 55.5 Å². The van der Waals surface area contributed by atoms with Crippen molar-refractivity contribution in [3.63, 3.8) is 0 Å². The molecule has 0 aliphatic carbocycles. The second kappa shape index (κ2) is 8.11. The number of ketones is 1. The Morgan fingerprint density at radius 3 is 2.12 bits per heavy atom. The van der Waals surface area contributed by atoms with Crippen LogP contribution in [0.15, 0.2) is 54.6 Å². The highest BCUT2D eigenvalue weighted by molar-refractivity contribution is 6.10. The number of hydrogen-bond acceptors (Lipinski definition) is 2. The summed E-state index contributed by atoms with van der Waals surface area (Å²) in [5.41, 5.74) is 2.10. The van der Waals surface area contributed by atoms with E-state index in [-0.39, 0.29) is 17.6 Å². The molecule has 2 aromatic carbocycles. The van der Waals surface area contributed by atoms with Gasteiger partial charge in [-0.2, -0.15) is 0 Å². The molecule has 1 fully saturated rings. The molecule has 1 aliphatic rings. The van der Waals surface area contributed by atoms with Gasteiger partial charge < -0.3 is 4.90 Å². The molecular weight excluding hydrogens is 310 g/mol. The first-order valence-electron chi connectivity index (χ1n) is 9.20. The van der Waals surface area contributed by atoms with E-state index in [4.69, 9.17) is 0 Å². The molecule has 1 saturated heterocycles. The van der Waals surface area contributed by atoms with Crippen molar-refractivity contribution in [2.45, 2.75) is 38.5 Å². The molecule has 3 nitrogen and oxygen atoms in total. The molecule has 0 saturated carbocycles. The second-order valence-corrected chi connectivity index (χ2v) is 6.63. The minimum Gasteiger partial charge on any atom is -0.339 e. The van der Waals surface area contributed by atoms with Gasteiger partial charge >= 0.3 is 0 Å². The first kappa shape index (κ1) is 17.4. The fourth-order valence-electron chi connectivity index (χ4n) is 3.60. The van der Waals surface area contributed by atoms with E-state index >= 15 is 0 Å². The molecule has 0 radical (unpaired) electrons. The van der Waals surface area contributed by atoms with E-state index in [2.05, 4.69) is 0 Å². The quantitative estimate of drug-likeness (QED) is 0.743. The SMILES string of the molecule is CCC(C(=O)c1ccccc1C(=O)N1CCCCC1)c1ccccc1. The van der Waals surface area contributed by atoms with Crippen LogP contribution in [0.2, 0.25) is 0 Å². The first-order chi connectivity index (χ1) is 12.2. The van der Waals surface area contributed by atoms with E-state index in [1.807, 2.05) is 54.3 Å². The Kier molecular flexibility index (Phi) is 5.64. The summed E-state index contributed by atoms with van der Waals surface area (Å²) in [6, 6.07) is 17.1. The molecule has 2 aromatic rings. The monoisotopic (exact) mass is 335 g/mol. The van der Waals surface area contributed by atoms with Gasteiger partial charge in [0.2, 0.25) is 0 Å². The first-order valence-corrected chi connectivity index (χ1v) is 9.20. The van der Waals surface area contributed by atoms with Crippen molar-refractivity contribution in [2.75, 3.05) is 13.1 Å². The van der Waals surface area contributed by atoms with Gasteiger partial charge in [0.1, 0.15) is 0 Å². The maximum atomic E-state index is 13.2. The van der Waals surface area contributed by atoms with E-state index < -0.39 is 0 Å². The number of piperidine rings is 1. The van der Waals surface area contributed by atoms with Crippen LogP contribution < -0.4 is 0 Å². The van der Waals surface area contributed by atoms with E-state index in [1.165, 1.54) is 6.42 Å². The Balaban J connectivity index is 1.91. The van der Waals surface area contributed by atoms with Gasteiger partial charge in [0.05, 0.1) is 5.56 Å². The number of likely N-dealkylation sites (tertiary alicyclic amines) is 1. The van der Waals surface area contributed by atoms with Crippen molar-refractivity contribution in [1.82, 2.24) is 4.90 Å². The molecule has 130 valence electrons. The molecule has 3 rings (SSSR count). The van der Waals surface area contributed by atoms with Gasteiger partial charge in [0.25, 0.3) is 5.91 Å². The summed E-state index contributed by atoms with van der Waals surface area (Å²) in [6.07, 6.45) is 3.98. The average Bonchev–Trinajstić information content (AvgIpc) is 2.69. The van der Waals surface area contributed by atoms with Gasteiger partial charge in [-0.25, -0.2) is 0 Å². The maximum Gasteiger partial charge on any atom is 0.254 e. The second-order valence-electron chi connectivity index (χ2n) is 6.63. The summed E-state index contributed by atoms with van der Waals surface area (Å²) in [6.45, 7) is 3.60. The van der Waals surface area contributed by atoms with Crippen LogP contribution in [-0.2, 0) is 0 Å². The van der Waals surface area contributed by atoms with Crippen molar-refractivity contribution in [3.05, 3.63) is 71.3 Å². The summed E-state index contributed by atoms with van der Waals surface area (Å²) in [5, 5.41) is 0.